The monoisotopic (exact) mass is 267 g/mol. The highest BCUT2D eigenvalue weighted by Gasteiger charge is 2.06. The quantitative estimate of drug-likeness (QED) is 0.785. The summed E-state index contributed by atoms with van der Waals surface area (Å²) < 4.78 is 1.82. The van der Waals surface area contributed by atoms with Gasteiger partial charge in [0.1, 0.15) is 0 Å². The molecule has 0 saturated carbocycles. The summed E-state index contributed by atoms with van der Waals surface area (Å²) in [6.45, 7) is 3.60. The fourth-order valence-corrected chi connectivity index (χ4v) is 2.30. The Morgan fingerprint density at radius 2 is 2.05 bits per heavy atom. The van der Waals surface area contributed by atoms with E-state index in [1.807, 2.05) is 37.1 Å². The van der Waals surface area contributed by atoms with Gasteiger partial charge in [-0.2, -0.15) is 5.10 Å². The van der Waals surface area contributed by atoms with Crippen LogP contribution in [0.15, 0.2) is 36.8 Å². The molecule has 20 heavy (non-hydrogen) atoms. The molecule has 0 atom stereocenters. The molecule has 0 aliphatic heterocycles. The van der Waals surface area contributed by atoms with E-state index in [9.17, 15) is 0 Å². The molecule has 0 aromatic carbocycles. The van der Waals surface area contributed by atoms with Crippen LogP contribution in [0, 0.1) is 6.92 Å². The van der Waals surface area contributed by atoms with Crippen molar-refractivity contribution < 1.29 is 0 Å². The van der Waals surface area contributed by atoms with Gasteiger partial charge in [0.05, 0.1) is 5.69 Å². The van der Waals surface area contributed by atoms with E-state index in [1.165, 1.54) is 5.56 Å². The Bertz CT molecular complexity index is 718. The van der Waals surface area contributed by atoms with Crippen molar-refractivity contribution in [2.24, 2.45) is 7.05 Å². The first kappa shape index (κ1) is 12.7. The summed E-state index contributed by atoms with van der Waals surface area (Å²) in [6, 6.07) is 6.16. The van der Waals surface area contributed by atoms with Crippen molar-refractivity contribution in [1.82, 2.24) is 25.1 Å². The maximum atomic E-state index is 4.48. The standard InChI is InChI=1S/C15H17N5/c1-11-14-6-13(10-18-15(14)20(2)19-11)9-17-8-12-4-3-5-16-7-12/h3-7,10,17H,8-9H2,1-2H3. The second-order valence-electron chi connectivity index (χ2n) is 4.89. The van der Waals surface area contributed by atoms with Crippen LogP contribution in [0.5, 0.6) is 0 Å². The highest BCUT2D eigenvalue weighted by atomic mass is 15.3. The van der Waals surface area contributed by atoms with Crippen molar-refractivity contribution in [3.8, 4) is 0 Å². The second kappa shape index (κ2) is 5.38. The van der Waals surface area contributed by atoms with Crippen LogP contribution < -0.4 is 5.32 Å². The van der Waals surface area contributed by atoms with Gasteiger partial charge in [0.25, 0.3) is 0 Å². The van der Waals surface area contributed by atoms with Crippen LogP contribution in [0.25, 0.3) is 11.0 Å². The first-order valence-corrected chi connectivity index (χ1v) is 6.62. The molecule has 0 amide bonds. The van der Waals surface area contributed by atoms with E-state index >= 15 is 0 Å². The Hall–Kier alpha value is -2.27. The van der Waals surface area contributed by atoms with E-state index in [0.29, 0.717) is 0 Å². The normalized spacial score (nSPS) is 11.1. The Morgan fingerprint density at radius 1 is 1.20 bits per heavy atom. The van der Waals surface area contributed by atoms with Gasteiger partial charge < -0.3 is 5.32 Å². The third-order valence-corrected chi connectivity index (χ3v) is 3.30. The number of pyridine rings is 2. The molecular formula is C15H17N5. The molecule has 0 fully saturated rings. The molecule has 0 aliphatic carbocycles. The molecule has 5 heteroatoms. The van der Waals surface area contributed by atoms with E-state index in [4.69, 9.17) is 0 Å². The van der Waals surface area contributed by atoms with Crippen LogP contribution in [0.2, 0.25) is 0 Å². The van der Waals surface area contributed by atoms with Gasteiger partial charge in [-0.25, -0.2) is 4.98 Å². The van der Waals surface area contributed by atoms with Gasteiger partial charge in [-0.15, -0.1) is 0 Å². The third kappa shape index (κ3) is 2.53. The lowest BCUT2D eigenvalue weighted by molar-refractivity contribution is 0.690. The molecule has 0 spiro atoms. The van der Waals surface area contributed by atoms with Gasteiger partial charge in [-0.1, -0.05) is 6.07 Å². The molecule has 102 valence electrons. The summed E-state index contributed by atoms with van der Waals surface area (Å²) in [5.74, 6) is 0. The van der Waals surface area contributed by atoms with Crippen LogP contribution in [0.4, 0.5) is 0 Å². The Morgan fingerprint density at radius 3 is 2.85 bits per heavy atom. The van der Waals surface area contributed by atoms with Crippen molar-refractivity contribution in [2.75, 3.05) is 0 Å². The third-order valence-electron chi connectivity index (χ3n) is 3.30. The van der Waals surface area contributed by atoms with Gasteiger partial charge in [0.15, 0.2) is 5.65 Å². The van der Waals surface area contributed by atoms with Crippen molar-refractivity contribution in [1.29, 1.82) is 0 Å². The number of nitrogens with zero attached hydrogens (tertiary/aromatic N) is 4. The molecule has 0 radical (unpaired) electrons. The Labute approximate surface area is 117 Å². The van der Waals surface area contributed by atoms with Gasteiger partial charge in [-0.05, 0) is 30.2 Å². The lowest BCUT2D eigenvalue weighted by Crippen LogP contribution is -2.12. The zero-order chi connectivity index (χ0) is 13.9. The highest BCUT2D eigenvalue weighted by Crippen LogP contribution is 2.16. The van der Waals surface area contributed by atoms with Crippen LogP contribution in [0.1, 0.15) is 16.8 Å². The van der Waals surface area contributed by atoms with Crippen molar-refractivity contribution >= 4 is 11.0 Å². The molecule has 3 aromatic heterocycles. The topological polar surface area (TPSA) is 55.6 Å². The summed E-state index contributed by atoms with van der Waals surface area (Å²) in [7, 11) is 1.92. The zero-order valence-corrected chi connectivity index (χ0v) is 11.7. The molecule has 0 saturated heterocycles. The Kier molecular flexibility index (Phi) is 3.43. The minimum atomic E-state index is 0.784. The fourth-order valence-electron chi connectivity index (χ4n) is 2.30. The van der Waals surface area contributed by atoms with Crippen molar-refractivity contribution in [2.45, 2.75) is 20.0 Å². The average Bonchev–Trinajstić information content (AvgIpc) is 2.75. The highest BCUT2D eigenvalue weighted by molar-refractivity contribution is 5.78. The summed E-state index contributed by atoms with van der Waals surface area (Å²) in [5, 5.41) is 8.91. The van der Waals surface area contributed by atoms with Gasteiger partial charge >= 0.3 is 0 Å². The maximum Gasteiger partial charge on any atom is 0.157 e. The van der Waals surface area contributed by atoms with Crippen molar-refractivity contribution in [3.05, 3.63) is 53.6 Å². The number of fused-ring (bicyclic) bond motifs is 1. The number of aromatic nitrogens is 4. The fraction of sp³-hybridized carbons (Fsp3) is 0.267. The molecule has 3 rings (SSSR count). The largest absolute Gasteiger partial charge is 0.309 e. The number of aryl methyl sites for hydroxylation is 2. The van der Waals surface area contributed by atoms with Gasteiger partial charge in [0, 0.05) is 44.1 Å². The summed E-state index contributed by atoms with van der Waals surface area (Å²) in [5.41, 5.74) is 4.29. The smallest absolute Gasteiger partial charge is 0.157 e. The molecule has 0 aliphatic rings. The molecule has 3 aromatic rings. The molecular weight excluding hydrogens is 250 g/mol. The van der Waals surface area contributed by atoms with Crippen LogP contribution in [-0.2, 0) is 20.1 Å². The van der Waals surface area contributed by atoms with E-state index in [2.05, 4.69) is 32.5 Å². The van der Waals surface area contributed by atoms with Crippen LogP contribution in [0.3, 0.4) is 0 Å². The second-order valence-corrected chi connectivity index (χ2v) is 4.89. The summed E-state index contributed by atoms with van der Waals surface area (Å²) in [4.78, 5) is 8.58. The molecule has 3 heterocycles. The van der Waals surface area contributed by atoms with Crippen molar-refractivity contribution in [3.63, 3.8) is 0 Å². The first-order valence-electron chi connectivity index (χ1n) is 6.62. The predicted molar refractivity (Wildman–Crippen MR) is 78.0 cm³/mol. The predicted octanol–water partition coefficient (Wildman–Crippen LogP) is 1.96. The van der Waals surface area contributed by atoms with Crippen LogP contribution in [-0.4, -0.2) is 19.7 Å². The average molecular weight is 267 g/mol. The van der Waals surface area contributed by atoms with Crippen LogP contribution >= 0.6 is 0 Å². The molecule has 0 bridgehead atoms. The summed E-state index contributed by atoms with van der Waals surface area (Å²) in [6.07, 6.45) is 5.56. The number of rotatable bonds is 4. The lowest BCUT2D eigenvalue weighted by atomic mass is 10.2. The maximum absolute atomic E-state index is 4.48. The Balaban J connectivity index is 1.70. The van der Waals surface area contributed by atoms with E-state index in [-0.39, 0.29) is 0 Å². The van der Waals surface area contributed by atoms with E-state index < -0.39 is 0 Å². The van der Waals surface area contributed by atoms with Gasteiger partial charge in [0.2, 0.25) is 0 Å². The van der Waals surface area contributed by atoms with E-state index in [1.54, 1.807) is 6.20 Å². The lowest BCUT2D eigenvalue weighted by Gasteiger charge is -2.05. The number of hydrogen-bond acceptors (Lipinski definition) is 4. The first-order chi connectivity index (χ1) is 9.74. The number of nitrogens with one attached hydrogen (secondary N) is 1. The SMILES string of the molecule is Cc1nn(C)c2ncc(CNCc3cccnc3)cc12. The minimum absolute atomic E-state index is 0.784. The van der Waals surface area contributed by atoms with Gasteiger partial charge in [-0.3, -0.25) is 9.67 Å². The molecule has 5 nitrogen and oxygen atoms in total. The molecule has 1 N–H and O–H groups in total. The van der Waals surface area contributed by atoms with E-state index in [0.717, 1.165) is 35.4 Å². The number of hydrogen-bond donors (Lipinski definition) is 1. The zero-order valence-electron chi connectivity index (χ0n) is 11.7. The summed E-state index contributed by atoms with van der Waals surface area (Å²) >= 11 is 0. The minimum Gasteiger partial charge on any atom is -0.309 e. The molecule has 0 unspecified atom stereocenters.